The number of carbonyl (C=O) groups excluding carboxylic acids is 2. The van der Waals surface area contributed by atoms with Gasteiger partial charge in [0.05, 0.1) is 26.9 Å². The molecule has 0 N–H and O–H groups in total. The zero-order valence-corrected chi connectivity index (χ0v) is 16.1. The molecule has 0 fully saturated rings. The number of benzene rings is 1. The molecule has 7 nitrogen and oxygen atoms in total. The van der Waals surface area contributed by atoms with E-state index in [4.69, 9.17) is 18.6 Å². The third kappa shape index (κ3) is 3.89. The second-order valence-electron chi connectivity index (χ2n) is 5.93. The molecule has 7 heteroatoms. The van der Waals surface area contributed by atoms with Crippen molar-refractivity contribution in [2.75, 3.05) is 21.3 Å². The molecular weight excluding hydrogens is 376 g/mol. The Balaban J connectivity index is 2.15. The maximum Gasteiger partial charge on any atom is 0.351 e. The highest BCUT2D eigenvalue weighted by Crippen LogP contribution is 2.33. The van der Waals surface area contributed by atoms with Crippen molar-refractivity contribution in [3.05, 3.63) is 81.7 Å². The van der Waals surface area contributed by atoms with Gasteiger partial charge in [-0.25, -0.2) is 9.59 Å². The monoisotopic (exact) mass is 394 g/mol. The lowest BCUT2D eigenvalue weighted by molar-refractivity contribution is 0.0599. The molecule has 0 atom stereocenters. The standard InChI is InChI=1S/C22H18O7/c1-26-14-10-8-13(9-11-14)16(23)12-18(27-2)15-6-4-5-7-17-19(15)20(21(24)28-3)22(25)29-17/h4-12H,1-3H3/b18-12-. The number of esters is 1. The van der Waals surface area contributed by atoms with Crippen LogP contribution < -0.4 is 10.4 Å². The molecule has 0 aromatic heterocycles. The van der Waals surface area contributed by atoms with Gasteiger partial charge in [-0.05, 0) is 30.3 Å². The van der Waals surface area contributed by atoms with E-state index in [9.17, 15) is 14.4 Å². The first-order valence-corrected chi connectivity index (χ1v) is 8.58. The quantitative estimate of drug-likeness (QED) is 0.274. The molecule has 0 amide bonds. The summed E-state index contributed by atoms with van der Waals surface area (Å²) in [4.78, 5) is 37.1. The highest BCUT2D eigenvalue weighted by atomic mass is 16.5. The summed E-state index contributed by atoms with van der Waals surface area (Å²) in [5.41, 5.74) is -0.102. The van der Waals surface area contributed by atoms with Crippen LogP contribution >= 0.6 is 0 Å². The first-order chi connectivity index (χ1) is 14.0. The Bertz CT molecular complexity index is 1110. The van der Waals surface area contributed by atoms with Crippen LogP contribution in [0.3, 0.4) is 0 Å². The normalized spacial score (nSPS) is 11.2. The van der Waals surface area contributed by atoms with E-state index < -0.39 is 11.6 Å². The Kier molecular flexibility index (Phi) is 5.78. The lowest BCUT2D eigenvalue weighted by atomic mass is 10.0. The van der Waals surface area contributed by atoms with Crippen molar-refractivity contribution < 1.29 is 28.2 Å². The van der Waals surface area contributed by atoms with Gasteiger partial charge in [-0.3, -0.25) is 4.79 Å². The number of methoxy groups -OCH3 is 3. The highest BCUT2D eigenvalue weighted by molar-refractivity contribution is 6.09. The molecule has 1 aromatic carbocycles. The van der Waals surface area contributed by atoms with Crippen LogP contribution in [0.25, 0.3) is 17.1 Å². The van der Waals surface area contributed by atoms with Gasteiger partial charge >= 0.3 is 11.6 Å². The number of fused-ring (bicyclic) bond motifs is 1. The number of carbonyl (C=O) groups is 2. The van der Waals surface area contributed by atoms with Gasteiger partial charge in [0.15, 0.2) is 11.3 Å². The van der Waals surface area contributed by atoms with Crippen molar-refractivity contribution in [1.82, 2.24) is 0 Å². The van der Waals surface area contributed by atoms with Gasteiger partial charge in [0.1, 0.15) is 17.3 Å². The number of furan rings is 1. The molecule has 1 aliphatic heterocycles. The predicted octanol–water partition coefficient (Wildman–Crippen LogP) is 3.41. The molecule has 1 aromatic rings. The van der Waals surface area contributed by atoms with Crippen LogP contribution in [0.4, 0.5) is 0 Å². The van der Waals surface area contributed by atoms with Crippen LogP contribution in [0.15, 0.2) is 63.8 Å². The molecule has 148 valence electrons. The topological polar surface area (TPSA) is 92.0 Å². The van der Waals surface area contributed by atoms with Crippen LogP contribution in [0.2, 0.25) is 0 Å². The first kappa shape index (κ1) is 19.9. The van der Waals surface area contributed by atoms with Crippen molar-refractivity contribution in [3.63, 3.8) is 0 Å². The van der Waals surface area contributed by atoms with E-state index in [2.05, 4.69) is 0 Å². The van der Waals surface area contributed by atoms with Gasteiger partial charge in [0.25, 0.3) is 0 Å². The third-order valence-electron chi connectivity index (χ3n) is 4.31. The zero-order valence-electron chi connectivity index (χ0n) is 16.1. The number of ether oxygens (including phenoxy) is 3. The molecular formula is C22H18O7. The summed E-state index contributed by atoms with van der Waals surface area (Å²) in [7, 11) is 4.10. The summed E-state index contributed by atoms with van der Waals surface area (Å²) in [6, 6.07) is 13.1. The Morgan fingerprint density at radius 2 is 1.62 bits per heavy atom. The molecule has 0 bridgehead atoms. The van der Waals surface area contributed by atoms with E-state index in [1.165, 1.54) is 27.4 Å². The molecule has 1 aliphatic carbocycles. The van der Waals surface area contributed by atoms with Gasteiger partial charge in [-0.1, -0.05) is 18.2 Å². The molecule has 0 spiro atoms. The largest absolute Gasteiger partial charge is 0.497 e. The molecule has 0 saturated carbocycles. The molecule has 3 rings (SSSR count). The van der Waals surface area contributed by atoms with Gasteiger partial charge in [0, 0.05) is 17.2 Å². The summed E-state index contributed by atoms with van der Waals surface area (Å²) in [5, 5.41) is 0. The fraction of sp³-hybridized carbons (Fsp3) is 0.136. The number of ketones is 1. The van der Waals surface area contributed by atoms with Crippen molar-refractivity contribution in [2.24, 2.45) is 0 Å². The SMILES string of the molecule is COC(=O)c1c2c(/C(=C/C(=O)c3ccc(OC)cc3)OC)ccccc-2oc1=O. The van der Waals surface area contributed by atoms with Gasteiger partial charge in [-0.15, -0.1) is 0 Å². The summed E-state index contributed by atoms with van der Waals surface area (Å²) in [6.45, 7) is 0. The minimum absolute atomic E-state index is 0.165. The van der Waals surface area contributed by atoms with Crippen LogP contribution in [0, 0.1) is 0 Å². The Morgan fingerprint density at radius 3 is 2.24 bits per heavy atom. The minimum Gasteiger partial charge on any atom is -0.497 e. The molecule has 1 heterocycles. The average Bonchev–Trinajstić information content (AvgIpc) is 2.93. The number of rotatable bonds is 6. The van der Waals surface area contributed by atoms with E-state index in [0.29, 0.717) is 16.9 Å². The van der Waals surface area contributed by atoms with Crippen LogP contribution in [-0.4, -0.2) is 33.1 Å². The lowest BCUT2D eigenvalue weighted by Gasteiger charge is -2.09. The summed E-state index contributed by atoms with van der Waals surface area (Å²) < 4.78 is 20.4. The van der Waals surface area contributed by atoms with Crippen molar-refractivity contribution >= 4 is 17.5 Å². The Labute approximate surface area is 166 Å². The van der Waals surface area contributed by atoms with Crippen molar-refractivity contribution in [1.29, 1.82) is 0 Å². The lowest BCUT2D eigenvalue weighted by Crippen LogP contribution is -2.12. The molecule has 0 saturated heterocycles. The smallest absolute Gasteiger partial charge is 0.351 e. The molecule has 0 radical (unpaired) electrons. The van der Waals surface area contributed by atoms with Gasteiger partial charge < -0.3 is 18.6 Å². The van der Waals surface area contributed by atoms with Crippen LogP contribution in [0.1, 0.15) is 26.3 Å². The predicted molar refractivity (Wildman–Crippen MR) is 105 cm³/mol. The van der Waals surface area contributed by atoms with Crippen molar-refractivity contribution in [2.45, 2.75) is 0 Å². The highest BCUT2D eigenvalue weighted by Gasteiger charge is 2.28. The first-order valence-electron chi connectivity index (χ1n) is 8.58. The minimum atomic E-state index is -0.835. The fourth-order valence-electron chi connectivity index (χ4n) is 2.89. The number of hydrogen-bond acceptors (Lipinski definition) is 7. The van der Waals surface area contributed by atoms with E-state index in [1.54, 1.807) is 48.5 Å². The second-order valence-corrected chi connectivity index (χ2v) is 5.93. The Morgan fingerprint density at radius 1 is 0.931 bits per heavy atom. The summed E-state index contributed by atoms with van der Waals surface area (Å²) >= 11 is 0. The molecule has 2 aliphatic rings. The average molecular weight is 394 g/mol. The number of allylic oxidation sites excluding steroid dienone is 1. The van der Waals surface area contributed by atoms with Crippen molar-refractivity contribution in [3.8, 4) is 17.1 Å². The maximum atomic E-state index is 12.7. The fourth-order valence-corrected chi connectivity index (χ4v) is 2.89. The van der Waals surface area contributed by atoms with Crippen LogP contribution in [0.5, 0.6) is 5.75 Å². The Hall–Kier alpha value is -3.87. The van der Waals surface area contributed by atoms with E-state index in [1.807, 2.05) is 0 Å². The van der Waals surface area contributed by atoms with E-state index in [-0.39, 0.29) is 28.4 Å². The summed E-state index contributed by atoms with van der Waals surface area (Å²) in [6.07, 6.45) is 1.29. The van der Waals surface area contributed by atoms with Gasteiger partial charge in [-0.2, -0.15) is 0 Å². The number of hydrogen-bond donors (Lipinski definition) is 0. The summed E-state index contributed by atoms with van der Waals surface area (Å²) in [5.74, 6) is -0.195. The van der Waals surface area contributed by atoms with Gasteiger partial charge in [0.2, 0.25) is 0 Å². The second kappa shape index (κ2) is 8.43. The molecule has 0 unspecified atom stereocenters. The third-order valence-corrected chi connectivity index (χ3v) is 4.31. The van der Waals surface area contributed by atoms with E-state index >= 15 is 0 Å². The maximum absolute atomic E-state index is 12.7. The zero-order chi connectivity index (χ0) is 21.0. The molecule has 29 heavy (non-hydrogen) atoms. The van der Waals surface area contributed by atoms with Crippen LogP contribution in [-0.2, 0) is 9.47 Å². The van der Waals surface area contributed by atoms with E-state index in [0.717, 1.165) is 0 Å².